The Bertz CT molecular complexity index is 709. The third-order valence-electron chi connectivity index (χ3n) is 2.70. The van der Waals surface area contributed by atoms with Gasteiger partial charge in [0.25, 0.3) is 0 Å². The summed E-state index contributed by atoms with van der Waals surface area (Å²) < 4.78 is 19.3. The van der Waals surface area contributed by atoms with Gasteiger partial charge >= 0.3 is 0 Å². The summed E-state index contributed by atoms with van der Waals surface area (Å²) in [6.45, 7) is -0.0128. The number of benzene rings is 2. The highest BCUT2D eigenvalue weighted by atomic mass is 35.5. The van der Waals surface area contributed by atoms with Crippen molar-refractivity contribution in [3.63, 3.8) is 0 Å². The molecule has 0 fully saturated rings. The fourth-order valence-electron chi connectivity index (χ4n) is 1.59. The lowest BCUT2D eigenvalue weighted by Gasteiger charge is -2.10. The molecule has 0 amide bonds. The van der Waals surface area contributed by atoms with Crippen LogP contribution in [0.5, 0.6) is 5.75 Å². The predicted octanol–water partition coefficient (Wildman–Crippen LogP) is 5.00. The van der Waals surface area contributed by atoms with Crippen LogP contribution in [0.2, 0.25) is 15.1 Å². The van der Waals surface area contributed by atoms with Crippen LogP contribution in [0.3, 0.4) is 0 Å². The average Bonchev–Trinajstić information content (AvgIpc) is 2.42. The maximum absolute atomic E-state index is 13.9. The van der Waals surface area contributed by atoms with Gasteiger partial charge in [-0.05, 0) is 12.1 Å². The molecule has 2 nitrogen and oxygen atoms in total. The van der Waals surface area contributed by atoms with Crippen molar-refractivity contribution >= 4 is 52.0 Å². The Morgan fingerprint density at radius 1 is 1.10 bits per heavy atom. The molecule has 2 rings (SSSR count). The topological polar surface area (TPSA) is 35.2 Å². The lowest BCUT2D eigenvalue weighted by Crippen LogP contribution is -2.10. The summed E-state index contributed by atoms with van der Waals surface area (Å²) in [6, 6.07) is 7.38. The lowest BCUT2D eigenvalue weighted by molar-refractivity contribution is 0.300. The van der Waals surface area contributed by atoms with Gasteiger partial charge in [0.05, 0.1) is 15.1 Å². The third-order valence-corrected chi connectivity index (χ3v) is 3.95. The standard InChI is InChI=1S/C14H9Cl3FNOS/c15-9-4-11(17)13(5-10(9)16)20-6-8-2-1-7(14(19)21)3-12(8)18/h1-5H,6H2,(H2,19,21). The zero-order chi connectivity index (χ0) is 15.6. The molecule has 0 aliphatic rings. The van der Waals surface area contributed by atoms with Gasteiger partial charge in [0.15, 0.2) is 0 Å². The fraction of sp³-hybridized carbons (Fsp3) is 0.0714. The van der Waals surface area contributed by atoms with E-state index in [2.05, 4.69) is 0 Å². The zero-order valence-corrected chi connectivity index (χ0v) is 13.6. The first-order chi connectivity index (χ1) is 9.88. The van der Waals surface area contributed by atoms with Crippen molar-refractivity contribution in [3.05, 3.63) is 62.3 Å². The van der Waals surface area contributed by atoms with E-state index in [0.29, 0.717) is 31.9 Å². The smallest absolute Gasteiger partial charge is 0.139 e. The van der Waals surface area contributed by atoms with E-state index in [0.717, 1.165) is 0 Å². The molecular weight excluding hydrogens is 356 g/mol. The minimum atomic E-state index is -0.462. The molecule has 110 valence electrons. The van der Waals surface area contributed by atoms with Gasteiger partial charge in [-0.2, -0.15) is 0 Å². The Morgan fingerprint density at radius 3 is 2.38 bits per heavy atom. The third kappa shape index (κ3) is 3.98. The molecule has 0 saturated heterocycles. The number of hydrogen-bond donors (Lipinski definition) is 1. The molecule has 0 bridgehead atoms. The fourth-order valence-corrected chi connectivity index (χ4v) is 2.31. The monoisotopic (exact) mass is 363 g/mol. The van der Waals surface area contributed by atoms with Crippen molar-refractivity contribution in [2.75, 3.05) is 0 Å². The average molecular weight is 365 g/mol. The molecule has 0 aliphatic heterocycles. The van der Waals surface area contributed by atoms with Crippen LogP contribution < -0.4 is 10.5 Å². The predicted molar refractivity (Wildman–Crippen MR) is 88.1 cm³/mol. The van der Waals surface area contributed by atoms with E-state index in [9.17, 15) is 4.39 Å². The summed E-state index contributed by atoms with van der Waals surface area (Å²) in [7, 11) is 0. The molecule has 7 heteroatoms. The van der Waals surface area contributed by atoms with Crippen LogP contribution in [0.1, 0.15) is 11.1 Å². The van der Waals surface area contributed by atoms with E-state index in [1.54, 1.807) is 12.1 Å². The van der Waals surface area contributed by atoms with Crippen LogP contribution in [-0.2, 0) is 6.61 Å². The van der Waals surface area contributed by atoms with Gasteiger partial charge in [-0.3, -0.25) is 0 Å². The summed E-state index contributed by atoms with van der Waals surface area (Å²) in [5.74, 6) is -0.139. The Labute approximate surface area is 141 Å². The first-order valence-corrected chi connectivity index (χ1v) is 7.28. The second kappa shape index (κ2) is 6.79. The quantitative estimate of drug-likeness (QED) is 0.612. The van der Waals surface area contributed by atoms with Crippen LogP contribution in [0.15, 0.2) is 30.3 Å². The number of rotatable bonds is 4. The number of thiocarbonyl (C=S) groups is 1. The molecule has 0 unspecified atom stereocenters. The minimum Gasteiger partial charge on any atom is -0.487 e. The van der Waals surface area contributed by atoms with Gasteiger partial charge in [0, 0.05) is 17.2 Å². The van der Waals surface area contributed by atoms with Gasteiger partial charge in [0.1, 0.15) is 23.2 Å². The molecule has 21 heavy (non-hydrogen) atoms. The number of hydrogen-bond acceptors (Lipinski definition) is 2. The van der Waals surface area contributed by atoms with Crippen molar-refractivity contribution in [1.82, 2.24) is 0 Å². The number of ether oxygens (including phenoxy) is 1. The molecule has 0 radical (unpaired) electrons. The molecule has 0 atom stereocenters. The summed E-state index contributed by atoms with van der Waals surface area (Å²) in [5, 5.41) is 0.922. The highest BCUT2D eigenvalue weighted by Gasteiger charge is 2.10. The molecule has 0 spiro atoms. The van der Waals surface area contributed by atoms with E-state index >= 15 is 0 Å². The van der Waals surface area contributed by atoms with Crippen molar-refractivity contribution in [2.45, 2.75) is 6.61 Å². The summed E-state index contributed by atoms with van der Waals surface area (Å²) in [4.78, 5) is 0.133. The highest BCUT2D eigenvalue weighted by Crippen LogP contribution is 2.34. The van der Waals surface area contributed by atoms with Crippen LogP contribution in [0.4, 0.5) is 4.39 Å². The van der Waals surface area contributed by atoms with Gasteiger partial charge < -0.3 is 10.5 Å². The lowest BCUT2D eigenvalue weighted by atomic mass is 10.1. The van der Waals surface area contributed by atoms with E-state index in [1.165, 1.54) is 18.2 Å². The van der Waals surface area contributed by atoms with Gasteiger partial charge in [-0.25, -0.2) is 4.39 Å². The Hall–Kier alpha value is -1.07. The Balaban J connectivity index is 2.17. The number of halogens is 4. The normalized spacial score (nSPS) is 10.5. The van der Waals surface area contributed by atoms with E-state index in [1.807, 2.05) is 0 Å². The van der Waals surface area contributed by atoms with Crippen LogP contribution >= 0.6 is 47.0 Å². The van der Waals surface area contributed by atoms with Crippen molar-refractivity contribution in [2.24, 2.45) is 5.73 Å². The number of nitrogens with two attached hydrogens (primary N) is 1. The van der Waals surface area contributed by atoms with Gasteiger partial charge in [-0.15, -0.1) is 0 Å². The van der Waals surface area contributed by atoms with Gasteiger partial charge in [0.2, 0.25) is 0 Å². The molecule has 2 aromatic carbocycles. The molecule has 0 aliphatic carbocycles. The van der Waals surface area contributed by atoms with Crippen molar-refractivity contribution < 1.29 is 9.13 Å². The first kappa shape index (κ1) is 16.3. The second-order valence-corrected chi connectivity index (χ2v) is 5.82. The van der Waals surface area contributed by atoms with Crippen LogP contribution in [0.25, 0.3) is 0 Å². The van der Waals surface area contributed by atoms with Crippen LogP contribution in [0, 0.1) is 5.82 Å². The van der Waals surface area contributed by atoms with Crippen molar-refractivity contribution in [1.29, 1.82) is 0 Å². The van der Waals surface area contributed by atoms with Crippen LogP contribution in [-0.4, -0.2) is 4.99 Å². The van der Waals surface area contributed by atoms with E-state index in [-0.39, 0.29) is 11.6 Å². The summed E-state index contributed by atoms with van der Waals surface area (Å²) >= 11 is 22.5. The van der Waals surface area contributed by atoms with E-state index in [4.69, 9.17) is 57.5 Å². The minimum absolute atomic E-state index is 0.0128. The Kier molecular flexibility index (Phi) is 5.27. The van der Waals surface area contributed by atoms with E-state index < -0.39 is 5.82 Å². The largest absolute Gasteiger partial charge is 0.487 e. The summed E-state index contributed by atoms with van der Waals surface area (Å²) in [5.41, 5.74) is 6.24. The Morgan fingerprint density at radius 2 is 1.76 bits per heavy atom. The molecule has 0 heterocycles. The maximum Gasteiger partial charge on any atom is 0.139 e. The maximum atomic E-state index is 13.9. The molecular formula is C14H9Cl3FNOS. The second-order valence-electron chi connectivity index (χ2n) is 4.16. The molecule has 2 aromatic rings. The molecule has 0 aromatic heterocycles. The van der Waals surface area contributed by atoms with Crippen molar-refractivity contribution in [3.8, 4) is 5.75 Å². The first-order valence-electron chi connectivity index (χ1n) is 5.74. The SMILES string of the molecule is NC(=S)c1ccc(COc2cc(Cl)c(Cl)cc2Cl)c(F)c1. The zero-order valence-electron chi connectivity index (χ0n) is 10.5. The van der Waals surface area contributed by atoms with Gasteiger partial charge in [-0.1, -0.05) is 59.2 Å². The highest BCUT2D eigenvalue weighted by molar-refractivity contribution is 7.80. The summed E-state index contributed by atoms with van der Waals surface area (Å²) in [6.07, 6.45) is 0. The molecule has 2 N–H and O–H groups in total. The molecule has 0 saturated carbocycles.